The summed E-state index contributed by atoms with van der Waals surface area (Å²) in [5.74, 6) is 0.450. The van der Waals surface area contributed by atoms with Crippen LogP contribution in [0.15, 0.2) is 11.6 Å². The van der Waals surface area contributed by atoms with Crippen LogP contribution in [0.25, 0.3) is 0 Å². The first-order valence-corrected chi connectivity index (χ1v) is 4.30. The van der Waals surface area contributed by atoms with Gasteiger partial charge in [-0.3, -0.25) is 4.79 Å². The highest BCUT2D eigenvalue weighted by Gasteiger charge is 2.08. The Morgan fingerprint density at radius 2 is 1.92 bits per heavy atom. The average Bonchev–Trinajstić information content (AvgIpc) is 1.84. The van der Waals surface area contributed by atoms with Crippen LogP contribution in [0.5, 0.6) is 0 Å². The maximum atomic E-state index is 10.7. The van der Waals surface area contributed by atoms with E-state index < -0.39 is 6.10 Å². The molecule has 0 heterocycles. The average molecular weight is 170 g/mol. The molecule has 0 spiro atoms. The fraction of sp³-hybridized carbons (Fsp3) is 0.700. The minimum atomic E-state index is -0.464. The zero-order valence-corrected chi connectivity index (χ0v) is 8.29. The molecule has 0 aliphatic carbocycles. The van der Waals surface area contributed by atoms with Gasteiger partial charge >= 0.3 is 0 Å². The molecule has 0 fully saturated rings. The summed E-state index contributed by atoms with van der Waals surface area (Å²) in [5.41, 5.74) is 0.760. The Labute approximate surface area is 74.3 Å². The molecule has 0 radical (unpaired) electrons. The van der Waals surface area contributed by atoms with Crippen molar-refractivity contribution >= 4 is 5.78 Å². The first kappa shape index (κ1) is 11.4. The van der Waals surface area contributed by atoms with Gasteiger partial charge in [0.25, 0.3) is 0 Å². The number of hydrogen-bond acceptors (Lipinski definition) is 2. The normalized spacial score (nSPS) is 15.0. The van der Waals surface area contributed by atoms with Crippen LogP contribution in [0, 0.1) is 5.92 Å². The fourth-order valence-electron chi connectivity index (χ4n) is 1.05. The lowest BCUT2D eigenvalue weighted by Gasteiger charge is -2.12. The summed E-state index contributed by atoms with van der Waals surface area (Å²) in [6, 6.07) is 0. The highest BCUT2D eigenvalue weighted by Crippen LogP contribution is 2.11. The molecule has 0 rings (SSSR count). The van der Waals surface area contributed by atoms with E-state index in [-0.39, 0.29) is 5.78 Å². The van der Waals surface area contributed by atoms with Crippen molar-refractivity contribution in [2.75, 3.05) is 0 Å². The lowest BCUT2D eigenvalue weighted by Crippen LogP contribution is -2.12. The molecule has 0 saturated heterocycles. The molecule has 0 aliphatic heterocycles. The van der Waals surface area contributed by atoms with E-state index >= 15 is 0 Å². The lowest BCUT2D eigenvalue weighted by atomic mass is 10.00. The van der Waals surface area contributed by atoms with Crippen molar-refractivity contribution in [2.45, 2.75) is 40.2 Å². The minimum absolute atomic E-state index is 0.00435. The second kappa shape index (κ2) is 5.09. The van der Waals surface area contributed by atoms with E-state index in [0.29, 0.717) is 5.92 Å². The van der Waals surface area contributed by atoms with Crippen molar-refractivity contribution in [3.63, 3.8) is 0 Å². The number of ketones is 1. The van der Waals surface area contributed by atoms with E-state index in [1.54, 1.807) is 6.92 Å². The predicted octanol–water partition coefficient (Wildman–Crippen LogP) is 1.93. The van der Waals surface area contributed by atoms with Crippen LogP contribution in [-0.4, -0.2) is 17.0 Å². The van der Waals surface area contributed by atoms with Gasteiger partial charge in [-0.2, -0.15) is 0 Å². The number of allylic oxidation sites excluding steroid dienone is 1. The molecule has 1 N–H and O–H groups in total. The summed E-state index contributed by atoms with van der Waals surface area (Å²) in [5, 5.41) is 9.52. The van der Waals surface area contributed by atoms with Gasteiger partial charge in [-0.05, 0) is 37.8 Å². The molecule has 70 valence electrons. The summed E-state index contributed by atoms with van der Waals surface area (Å²) >= 11 is 0. The first-order chi connectivity index (χ1) is 5.43. The molecule has 0 aromatic rings. The van der Waals surface area contributed by atoms with Gasteiger partial charge in [0.2, 0.25) is 0 Å². The van der Waals surface area contributed by atoms with Gasteiger partial charge in [0.1, 0.15) is 0 Å². The molecule has 12 heavy (non-hydrogen) atoms. The van der Waals surface area contributed by atoms with Crippen LogP contribution in [0.4, 0.5) is 0 Å². The molecular formula is C10H18O2. The smallest absolute Gasteiger partial charge is 0.152 e. The molecule has 0 saturated carbocycles. The first-order valence-electron chi connectivity index (χ1n) is 4.30. The molecule has 1 atom stereocenters. The Morgan fingerprint density at radius 1 is 1.42 bits per heavy atom. The number of hydrogen-bond donors (Lipinski definition) is 1. The van der Waals surface area contributed by atoms with Gasteiger partial charge < -0.3 is 5.11 Å². The van der Waals surface area contributed by atoms with Crippen LogP contribution in [0.2, 0.25) is 0 Å². The molecule has 1 unspecified atom stereocenters. The standard InChI is InChI=1S/C10H18O2/c1-7(2)5-10(12)8(3)6-9(4)11/h6-7,10,12H,5H2,1-4H3/b8-6+. The number of carbonyl (C=O) groups excluding carboxylic acids is 1. The van der Waals surface area contributed by atoms with Crippen molar-refractivity contribution in [2.24, 2.45) is 5.92 Å². The minimum Gasteiger partial charge on any atom is -0.389 e. The van der Waals surface area contributed by atoms with Gasteiger partial charge in [0, 0.05) is 0 Å². The molecule has 0 aliphatic rings. The number of aliphatic hydroxyl groups is 1. The van der Waals surface area contributed by atoms with Crippen molar-refractivity contribution in [1.29, 1.82) is 0 Å². The summed E-state index contributed by atoms with van der Waals surface area (Å²) in [6.45, 7) is 7.37. The summed E-state index contributed by atoms with van der Waals surface area (Å²) in [7, 11) is 0. The zero-order valence-electron chi connectivity index (χ0n) is 8.29. The number of aliphatic hydroxyl groups excluding tert-OH is 1. The maximum absolute atomic E-state index is 10.7. The summed E-state index contributed by atoms with van der Waals surface area (Å²) in [6.07, 6.45) is 1.75. The molecule has 2 heteroatoms. The van der Waals surface area contributed by atoms with Crippen LogP contribution < -0.4 is 0 Å². The Hall–Kier alpha value is -0.630. The van der Waals surface area contributed by atoms with E-state index in [4.69, 9.17) is 0 Å². The molecule has 0 aromatic carbocycles. The zero-order chi connectivity index (χ0) is 9.72. The Bertz CT molecular complexity index is 180. The molecule has 0 bridgehead atoms. The van der Waals surface area contributed by atoms with E-state index in [2.05, 4.69) is 0 Å². The topological polar surface area (TPSA) is 37.3 Å². The van der Waals surface area contributed by atoms with Gasteiger partial charge in [-0.15, -0.1) is 0 Å². The van der Waals surface area contributed by atoms with Gasteiger partial charge in [0.05, 0.1) is 6.10 Å². The van der Waals surface area contributed by atoms with Gasteiger partial charge in [0.15, 0.2) is 5.78 Å². The Morgan fingerprint density at radius 3 is 2.25 bits per heavy atom. The maximum Gasteiger partial charge on any atom is 0.152 e. The van der Waals surface area contributed by atoms with Crippen molar-refractivity contribution in [1.82, 2.24) is 0 Å². The molecule has 0 aromatic heterocycles. The Kier molecular flexibility index (Phi) is 4.83. The highest BCUT2D eigenvalue weighted by molar-refractivity contribution is 5.87. The second-order valence-corrected chi connectivity index (χ2v) is 3.64. The molecule has 0 amide bonds. The molecular weight excluding hydrogens is 152 g/mol. The van der Waals surface area contributed by atoms with Crippen molar-refractivity contribution < 1.29 is 9.90 Å². The van der Waals surface area contributed by atoms with E-state index in [9.17, 15) is 9.90 Å². The van der Waals surface area contributed by atoms with Crippen LogP contribution in [0.1, 0.15) is 34.1 Å². The summed E-state index contributed by atoms with van der Waals surface area (Å²) in [4.78, 5) is 10.7. The third-order valence-corrected chi connectivity index (χ3v) is 1.65. The quantitative estimate of drug-likeness (QED) is 0.654. The van der Waals surface area contributed by atoms with Crippen LogP contribution in [0.3, 0.4) is 0 Å². The van der Waals surface area contributed by atoms with E-state index in [1.165, 1.54) is 13.0 Å². The van der Waals surface area contributed by atoms with E-state index in [1.807, 2.05) is 13.8 Å². The fourth-order valence-corrected chi connectivity index (χ4v) is 1.05. The third-order valence-electron chi connectivity index (χ3n) is 1.65. The van der Waals surface area contributed by atoms with Crippen molar-refractivity contribution in [3.05, 3.63) is 11.6 Å². The SMILES string of the molecule is CC(=O)/C=C(\C)C(O)CC(C)C. The second-order valence-electron chi connectivity index (χ2n) is 3.64. The van der Waals surface area contributed by atoms with Crippen LogP contribution >= 0.6 is 0 Å². The number of carbonyl (C=O) groups is 1. The number of rotatable bonds is 4. The summed E-state index contributed by atoms with van der Waals surface area (Å²) < 4.78 is 0. The highest BCUT2D eigenvalue weighted by atomic mass is 16.3. The largest absolute Gasteiger partial charge is 0.389 e. The lowest BCUT2D eigenvalue weighted by molar-refractivity contribution is -0.112. The monoisotopic (exact) mass is 170 g/mol. The Balaban J connectivity index is 4.09. The van der Waals surface area contributed by atoms with Crippen molar-refractivity contribution in [3.8, 4) is 0 Å². The van der Waals surface area contributed by atoms with Gasteiger partial charge in [-0.1, -0.05) is 13.8 Å². The van der Waals surface area contributed by atoms with E-state index in [0.717, 1.165) is 12.0 Å². The third kappa shape index (κ3) is 5.08. The van der Waals surface area contributed by atoms with Crippen LogP contribution in [-0.2, 0) is 4.79 Å². The molecule has 2 nitrogen and oxygen atoms in total. The predicted molar refractivity (Wildman–Crippen MR) is 49.9 cm³/mol. The van der Waals surface area contributed by atoms with Gasteiger partial charge in [-0.25, -0.2) is 0 Å².